The van der Waals surface area contributed by atoms with Crippen LogP contribution in [0.3, 0.4) is 0 Å². The molecule has 0 bridgehead atoms. The molecule has 0 N–H and O–H groups in total. The number of rotatable bonds is 2. The maximum absolute atomic E-state index is 11.5. The predicted molar refractivity (Wildman–Crippen MR) is 68.9 cm³/mol. The van der Waals surface area contributed by atoms with E-state index in [2.05, 4.69) is 20.4 Å². The fourth-order valence-corrected chi connectivity index (χ4v) is 2.66. The Balaban J connectivity index is 2.84. The molecule has 3 heteroatoms. The van der Waals surface area contributed by atoms with Gasteiger partial charge < -0.3 is 4.74 Å². The Morgan fingerprint density at radius 2 is 2.06 bits per heavy atom. The van der Waals surface area contributed by atoms with E-state index in [1.807, 2.05) is 25.2 Å². The lowest BCUT2D eigenvalue weighted by atomic mass is 9.84. The van der Waals surface area contributed by atoms with Crippen molar-refractivity contribution >= 4 is 12.1 Å². The first-order valence-corrected chi connectivity index (χ1v) is 5.60. The van der Waals surface area contributed by atoms with Crippen LogP contribution in [0.25, 0.3) is 0 Å². The summed E-state index contributed by atoms with van der Waals surface area (Å²) >= 11 is 0. The number of benzene rings is 1. The molecule has 1 aromatic carbocycles. The third-order valence-corrected chi connectivity index (χ3v) is 3.85. The molecule has 2 rings (SSSR count). The van der Waals surface area contributed by atoms with Crippen molar-refractivity contribution in [2.24, 2.45) is 0 Å². The molecule has 0 saturated heterocycles. The molecule has 0 aromatic heterocycles. The van der Waals surface area contributed by atoms with Gasteiger partial charge in [0.25, 0.3) is 0 Å². The molecule has 17 heavy (non-hydrogen) atoms. The number of para-hydroxylation sites is 1. The van der Waals surface area contributed by atoms with Gasteiger partial charge in [0.1, 0.15) is 5.70 Å². The summed E-state index contributed by atoms with van der Waals surface area (Å²) in [6.07, 6.45) is 0.915. The summed E-state index contributed by atoms with van der Waals surface area (Å²) in [4.78, 5) is 11.5. The highest BCUT2D eigenvalue weighted by molar-refractivity contribution is 5.85. The number of carbonyl (C=O) groups is 1. The van der Waals surface area contributed by atoms with Crippen molar-refractivity contribution in [1.82, 2.24) is 4.48 Å². The highest BCUT2D eigenvalue weighted by Gasteiger charge is 2.52. The molecule has 1 aliphatic rings. The van der Waals surface area contributed by atoms with E-state index in [1.165, 1.54) is 0 Å². The number of methoxy groups -OCH3 is 1. The summed E-state index contributed by atoms with van der Waals surface area (Å²) in [6, 6.07) is 5.87. The second kappa shape index (κ2) is 3.44. The highest BCUT2D eigenvalue weighted by Crippen LogP contribution is 2.53. The third kappa shape index (κ3) is 1.29. The number of fused-ring (bicyclic) bond motifs is 1. The van der Waals surface area contributed by atoms with Crippen molar-refractivity contribution < 1.29 is 9.53 Å². The zero-order chi connectivity index (χ0) is 12.8. The molecule has 1 amide bonds. The molecule has 0 fully saturated rings. The van der Waals surface area contributed by atoms with E-state index in [-0.39, 0.29) is 9.90 Å². The highest BCUT2D eigenvalue weighted by atomic mass is 16.5. The summed E-state index contributed by atoms with van der Waals surface area (Å²) < 4.78 is 5.47. The Labute approximate surface area is 102 Å². The molecule has 1 unspecified atom stereocenters. The molecule has 3 nitrogen and oxygen atoms in total. The monoisotopic (exact) mass is 232 g/mol. The molecule has 1 heterocycles. The maximum Gasteiger partial charge on any atom is 0.311 e. The Kier molecular flexibility index (Phi) is 2.40. The van der Waals surface area contributed by atoms with E-state index in [1.54, 1.807) is 7.11 Å². The zero-order valence-electron chi connectivity index (χ0n) is 10.8. The van der Waals surface area contributed by atoms with E-state index in [0.29, 0.717) is 0 Å². The summed E-state index contributed by atoms with van der Waals surface area (Å²) in [5.74, 6) is 0.740. The van der Waals surface area contributed by atoms with Gasteiger partial charge in [-0.15, -0.1) is 0 Å². The van der Waals surface area contributed by atoms with Gasteiger partial charge in [0.05, 0.1) is 19.6 Å². The van der Waals surface area contributed by atoms with Crippen LogP contribution in [-0.4, -0.2) is 20.6 Å². The van der Waals surface area contributed by atoms with Crippen molar-refractivity contribution in [1.29, 1.82) is 0 Å². The number of amides is 1. The lowest BCUT2D eigenvalue weighted by molar-refractivity contribution is -0.115. The number of quaternary nitrogens is 1. The van der Waals surface area contributed by atoms with Crippen LogP contribution in [0.5, 0.6) is 5.75 Å². The van der Waals surface area contributed by atoms with Crippen LogP contribution in [0.2, 0.25) is 0 Å². The van der Waals surface area contributed by atoms with Crippen molar-refractivity contribution in [2.45, 2.75) is 19.3 Å². The first kappa shape index (κ1) is 11.9. The quantitative estimate of drug-likeness (QED) is 0.578. The minimum absolute atomic E-state index is 0.0896. The molecule has 0 aliphatic carbocycles. The van der Waals surface area contributed by atoms with Gasteiger partial charge in [-0.2, -0.15) is 0 Å². The molecular weight excluding hydrogens is 214 g/mol. The largest absolute Gasteiger partial charge is 0.491 e. The lowest BCUT2D eigenvalue weighted by Crippen LogP contribution is -2.42. The Bertz CT molecular complexity index is 505. The molecular formula is C14H18NO2+. The smallest absolute Gasteiger partial charge is 0.311 e. The lowest BCUT2D eigenvalue weighted by Gasteiger charge is -2.26. The summed E-state index contributed by atoms with van der Waals surface area (Å²) in [7, 11) is 3.48. The fourth-order valence-electron chi connectivity index (χ4n) is 2.66. The number of nitrogens with zero attached hydrogens (tertiary/aromatic N) is 1. The summed E-state index contributed by atoms with van der Waals surface area (Å²) in [5.41, 5.74) is 2.66. The minimum atomic E-state index is -0.223. The van der Waals surface area contributed by atoms with Gasteiger partial charge in [-0.25, -0.2) is 9.28 Å². The summed E-state index contributed by atoms with van der Waals surface area (Å²) in [6.45, 7) is 8.27. The van der Waals surface area contributed by atoms with Gasteiger partial charge in [-0.3, -0.25) is 0 Å². The van der Waals surface area contributed by atoms with Gasteiger partial charge in [0.2, 0.25) is 0 Å². The number of hydrogen-bond donors (Lipinski definition) is 0. The third-order valence-electron chi connectivity index (χ3n) is 3.85. The number of likely N-dealkylation sites (N-methyl/N-ethyl adjacent to an activating group) is 1. The van der Waals surface area contributed by atoms with E-state index in [9.17, 15) is 4.79 Å². The van der Waals surface area contributed by atoms with Gasteiger partial charge in [-0.1, -0.05) is 12.1 Å². The molecule has 1 aromatic rings. The average Bonchev–Trinajstić information content (AvgIpc) is 2.49. The first-order chi connectivity index (χ1) is 7.89. The Morgan fingerprint density at radius 1 is 1.41 bits per heavy atom. The standard InChI is InChI=1S/C14H18NO2/c1-10-14(2,3)11-7-6-8-12(17-5)13(11)15(10,4)9-16/h6-9H,1H2,2-5H3/q+1. The molecule has 90 valence electrons. The predicted octanol–water partition coefficient (Wildman–Crippen LogP) is 2.59. The van der Waals surface area contributed by atoms with E-state index in [4.69, 9.17) is 4.74 Å². The van der Waals surface area contributed by atoms with Gasteiger partial charge in [-0.05, 0) is 26.5 Å². The SMILES string of the molecule is C=C1C(C)(C)c2cccc(OC)c2[N+]1(C)C=O. The van der Waals surface area contributed by atoms with Crippen molar-refractivity contribution in [3.05, 3.63) is 36.0 Å². The normalized spacial score (nSPS) is 25.5. The summed E-state index contributed by atoms with van der Waals surface area (Å²) in [5, 5.41) is 0. The molecule has 0 saturated carbocycles. The van der Waals surface area contributed by atoms with E-state index in [0.717, 1.165) is 29.1 Å². The Hall–Kier alpha value is -1.61. The van der Waals surface area contributed by atoms with Crippen LogP contribution >= 0.6 is 0 Å². The van der Waals surface area contributed by atoms with Crippen LogP contribution in [0.1, 0.15) is 19.4 Å². The molecule has 0 radical (unpaired) electrons. The van der Waals surface area contributed by atoms with Crippen LogP contribution < -0.4 is 9.22 Å². The topological polar surface area (TPSA) is 26.3 Å². The maximum atomic E-state index is 11.5. The molecule has 1 atom stereocenters. The van der Waals surface area contributed by atoms with Gasteiger partial charge >= 0.3 is 6.41 Å². The van der Waals surface area contributed by atoms with Gasteiger partial charge in [0.15, 0.2) is 11.4 Å². The van der Waals surface area contributed by atoms with Crippen LogP contribution in [0, 0.1) is 0 Å². The zero-order valence-corrected chi connectivity index (χ0v) is 10.8. The first-order valence-electron chi connectivity index (χ1n) is 5.60. The van der Waals surface area contributed by atoms with Crippen molar-refractivity contribution in [3.8, 4) is 5.75 Å². The van der Waals surface area contributed by atoms with Crippen LogP contribution in [0.15, 0.2) is 30.5 Å². The van der Waals surface area contributed by atoms with E-state index >= 15 is 0 Å². The number of ether oxygens (including phenoxy) is 1. The molecule has 0 spiro atoms. The van der Waals surface area contributed by atoms with Crippen molar-refractivity contribution in [3.63, 3.8) is 0 Å². The molecule has 1 aliphatic heterocycles. The second-order valence-corrected chi connectivity index (χ2v) is 5.11. The Morgan fingerprint density at radius 3 is 2.59 bits per heavy atom. The van der Waals surface area contributed by atoms with Crippen LogP contribution in [0.4, 0.5) is 5.69 Å². The minimum Gasteiger partial charge on any atom is -0.491 e. The number of allylic oxidation sites excluding steroid dienone is 1. The second-order valence-electron chi connectivity index (χ2n) is 5.11. The average molecular weight is 232 g/mol. The fraction of sp³-hybridized carbons (Fsp3) is 0.357. The number of hydrogen-bond acceptors (Lipinski definition) is 2. The van der Waals surface area contributed by atoms with Crippen LogP contribution in [-0.2, 0) is 10.2 Å². The number of carbonyl (C=O) groups excluding carboxylic acids is 1. The van der Waals surface area contributed by atoms with Crippen molar-refractivity contribution in [2.75, 3.05) is 14.2 Å². The van der Waals surface area contributed by atoms with E-state index < -0.39 is 0 Å². The van der Waals surface area contributed by atoms with Gasteiger partial charge in [0, 0.05) is 5.56 Å².